The second kappa shape index (κ2) is 17.5. The molecule has 266 valence electrons. The molecule has 0 aliphatic rings. The maximum atomic E-state index is 14.8. The molecule has 4 aromatic carbocycles. The first kappa shape index (κ1) is 38.4. The number of sulfonamides is 1. The Kier molecular flexibility index (Phi) is 13.4. The Hall–Kier alpha value is -4.45. The maximum absolute atomic E-state index is 14.8. The van der Waals surface area contributed by atoms with Crippen molar-refractivity contribution in [2.24, 2.45) is 0 Å². The van der Waals surface area contributed by atoms with Crippen molar-refractivity contribution in [2.45, 2.75) is 50.2 Å². The second-order valence-electron chi connectivity index (χ2n) is 11.5. The molecule has 0 spiro atoms. The van der Waals surface area contributed by atoms with Gasteiger partial charge < -0.3 is 24.4 Å². The topological polar surface area (TPSA) is 114 Å². The van der Waals surface area contributed by atoms with Gasteiger partial charge in [0.05, 0.1) is 31.9 Å². The van der Waals surface area contributed by atoms with Crippen LogP contribution in [0.1, 0.15) is 31.4 Å². The van der Waals surface area contributed by atoms with Crippen LogP contribution in [0.2, 0.25) is 10.0 Å². The van der Waals surface area contributed by atoms with Crippen molar-refractivity contribution in [2.75, 3.05) is 32.2 Å². The lowest BCUT2D eigenvalue weighted by molar-refractivity contribution is -0.140. The van der Waals surface area contributed by atoms with E-state index in [0.717, 1.165) is 9.87 Å². The summed E-state index contributed by atoms with van der Waals surface area (Å²) in [6.07, 6.45) is 0.830. The van der Waals surface area contributed by atoms with Crippen molar-refractivity contribution in [1.29, 1.82) is 0 Å². The van der Waals surface area contributed by atoms with Crippen molar-refractivity contribution < 1.29 is 32.2 Å². The largest absolute Gasteiger partial charge is 0.495 e. The molecule has 0 saturated heterocycles. The Morgan fingerprint density at radius 3 is 2.06 bits per heavy atom. The highest BCUT2D eigenvalue weighted by Gasteiger charge is 2.36. The Morgan fingerprint density at radius 2 is 1.42 bits per heavy atom. The first-order valence-electron chi connectivity index (χ1n) is 15.9. The van der Waals surface area contributed by atoms with Gasteiger partial charge >= 0.3 is 0 Å². The van der Waals surface area contributed by atoms with E-state index >= 15 is 0 Å². The second-order valence-corrected chi connectivity index (χ2v) is 14.3. The van der Waals surface area contributed by atoms with Gasteiger partial charge in [-0.05, 0) is 66.9 Å². The average Bonchev–Trinajstić information content (AvgIpc) is 3.11. The number of ether oxygens (including phenoxy) is 3. The number of carbonyl (C=O) groups excluding carboxylic acids is 2. The van der Waals surface area contributed by atoms with Crippen LogP contribution >= 0.6 is 23.2 Å². The number of carbonyl (C=O) groups is 2. The lowest BCUT2D eigenvalue weighted by Gasteiger charge is -2.34. The number of nitrogens with zero attached hydrogens (tertiary/aromatic N) is 2. The van der Waals surface area contributed by atoms with Crippen molar-refractivity contribution in [1.82, 2.24) is 10.2 Å². The summed E-state index contributed by atoms with van der Waals surface area (Å²) in [5.74, 6) is -0.393. The Bertz CT molecular complexity index is 1890. The minimum atomic E-state index is -4.51. The minimum Gasteiger partial charge on any atom is -0.495 e. The summed E-state index contributed by atoms with van der Waals surface area (Å²) in [6.45, 7) is 3.07. The number of hydrogen-bond donors (Lipinski definition) is 1. The summed E-state index contributed by atoms with van der Waals surface area (Å²) in [5, 5.41) is 3.68. The number of hydrogen-bond acceptors (Lipinski definition) is 7. The van der Waals surface area contributed by atoms with E-state index in [4.69, 9.17) is 37.4 Å². The zero-order chi connectivity index (χ0) is 36.4. The van der Waals surface area contributed by atoms with Crippen LogP contribution in [0, 0.1) is 0 Å². The van der Waals surface area contributed by atoms with Gasteiger partial charge in [0, 0.05) is 35.1 Å². The quantitative estimate of drug-likeness (QED) is 0.135. The highest BCUT2D eigenvalue weighted by atomic mass is 35.5. The summed E-state index contributed by atoms with van der Waals surface area (Å²) < 4.78 is 46.4. The smallest absolute Gasteiger partial charge is 0.265 e. The number of nitrogens with one attached hydrogen (secondary N) is 1. The van der Waals surface area contributed by atoms with Gasteiger partial charge in [0.2, 0.25) is 11.8 Å². The van der Waals surface area contributed by atoms with Crippen molar-refractivity contribution in [3.8, 4) is 17.2 Å². The summed E-state index contributed by atoms with van der Waals surface area (Å²) in [7, 11) is -0.296. The van der Waals surface area contributed by atoms with E-state index in [1.165, 1.54) is 56.6 Å². The molecular formula is C37H41Cl2N3O7S. The number of methoxy groups -OCH3 is 3. The number of anilines is 1. The summed E-state index contributed by atoms with van der Waals surface area (Å²) in [6, 6.07) is 23.6. The normalized spacial score (nSPS) is 12.4. The van der Waals surface area contributed by atoms with Crippen LogP contribution in [0.5, 0.6) is 17.2 Å². The Labute approximate surface area is 303 Å². The van der Waals surface area contributed by atoms with Gasteiger partial charge in [-0.3, -0.25) is 13.9 Å². The van der Waals surface area contributed by atoms with E-state index < -0.39 is 28.5 Å². The molecular weight excluding hydrogens is 701 g/mol. The number of amides is 2. The molecule has 1 N–H and O–H groups in total. The Morgan fingerprint density at radius 1 is 0.780 bits per heavy atom. The number of rotatable bonds is 16. The van der Waals surface area contributed by atoms with E-state index in [9.17, 15) is 18.0 Å². The molecule has 0 saturated carbocycles. The molecule has 50 heavy (non-hydrogen) atoms. The van der Waals surface area contributed by atoms with Crippen LogP contribution in [0.3, 0.4) is 0 Å². The van der Waals surface area contributed by atoms with E-state index in [0.29, 0.717) is 22.8 Å². The SMILES string of the molecule is CC[C@H](C)NC(=O)[C@@H](Cc1ccccc1)N(Cc1cccc(Cl)c1)C(=O)CN(c1cc(Cl)ccc1OC)S(=O)(=O)c1ccc(OC)c(OC)c1. The molecule has 4 rings (SSSR count). The summed E-state index contributed by atoms with van der Waals surface area (Å²) in [5.41, 5.74) is 1.48. The fraction of sp³-hybridized carbons (Fsp3) is 0.297. The van der Waals surface area contributed by atoms with Crippen molar-refractivity contribution >= 4 is 50.7 Å². The molecule has 0 heterocycles. The van der Waals surface area contributed by atoms with Gasteiger partial charge in [0.1, 0.15) is 18.3 Å². The molecule has 4 aromatic rings. The molecule has 13 heteroatoms. The highest BCUT2D eigenvalue weighted by Crippen LogP contribution is 2.37. The third kappa shape index (κ3) is 9.41. The fourth-order valence-electron chi connectivity index (χ4n) is 5.30. The molecule has 0 radical (unpaired) electrons. The predicted molar refractivity (Wildman–Crippen MR) is 196 cm³/mol. The third-order valence-corrected chi connectivity index (χ3v) is 10.4. The van der Waals surface area contributed by atoms with E-state index in [-0.39, 0.29) is 52.0 Å². The molecule has 0 aliphatic carbocycles. The van der Waals surface area contributed by atoms with Crippen LogP contribution < -0.4 is 23.8 Å². The van der Waals surface area contributed by atoms with Gasteiger partial charge in [0.25, 0.3) is 10.0 Å². The van der Waals surface area contributed by atoms with E-state index in [1.807, 2.05) is 44.2 Å². The van der Waals surface area contributed by atoms with E-state index in [2.05, 4.69) is 5.32 Å². The fourth-order valence-corrected chi connectivity index (χ4v) is 7.11. The maximum Gasteiger partial charge on any atom is 0.265 e. The van der Waals surface area contributed by atoms with Gasteiger partial charge in [-0.25, -0.2) is 8.42 Å². The molecule has 0 fully saturated rings. The molecule has 10 nitrogen and oxygen atoms in total. The van der Waals surface area contributed by atoms with Crippen molar-refractivity contribution in [3.63, 3.8) is 0 Å². The first-order chi connectivity index (χ1) is 23.9. The lowest BCUT2D eigenvalue weighted by Crippen LogP contribution is -2.54. The molecule has 2 atom stereocenters. The zero-order valence-electron chi connectivity index (χ0n) is 28.6. The van der Waals surface area contributed by atoms with Crippen LogP contribution in [0.25, 0.3) is 0 Å². The molecule has 2 amide bonds. The third-order valence-electron chi connectivity index (χ3n) is 8.15. The van der Waals surface area contributed by atoms with E-state index in [1.54, 1.807) is 30.3 Å². The molecule has 0 unspecified atom stereocenters. The number of halogens is 2. The van der Waals surface area contributed by atoms with Gasteiger partial charge in [0.15, 0.2) is 11.5 Å². The standard InChI is InChI=1S/C37H41Cl2N3O7S/c1-6-25(2)40-37(44)32(20-26-11-8-7-9-12-26)41(23-27-13-10-14-28(38)19-27)36(43)24-42(31-21-29(39)15-17-33(31)47-3)50(45,46)30-16-18-34(48-4)35(22-30)49-5/h7-19,21-22,25,32H,6,20,23-24H2,1-5H3,(H,40,44)/t25-,32+/m0/s1. The molecule has 0 aliphatic heterocycles. The van der Waals surface area contributed by atoms with Crippen LogP contribution in [0.4, 0.5) is 5.69 Å². The molecule has 0 aromatic heterocycles. The molecule has 0 bridgehead atoms. The zero-order valence-corrected chi connectivity index (χ0v) is 30.9. The van der Waals surface area contributed by atoms with Gasteiger partial charge in [-0.1, -0.05) is 72.6 Å². The van der Waals surface area contributed by atoms with Crippen LogP contribution in [-0.2, 0) is 32.6 Å². The van der Waals surface area contributed by atoms with Gasteiger partial charge in [-0.15, -0.1) is 0 Å². The number of benzene rings is 4. The van der Waals surface area contributed by atoms with Crippen molar-refractivity contribution in [3.05, 3.63) is 112 Å². The lowest BCUT2D eigenvalue weighted by atomic mass is 10.0. The minimum absolute atomic E-state index is 0.0227. The summed E-state index contributed by atoms with van der Waals surface area (Å²) in [4.78, 5) is 30.0. The van der Waals surface area contributed by atoms with Gasteiger partial charge in [-0.2, -0.15) is 0 Å². The predicted octanol–water partition coefficient (Wildman–Crippen LogP) is 6.77. The first-order valence-corrected chi connectivity index (χ1v) is 18.1. The highest BCUT2D eigenvalue weighted by molar-refractivity contribution is 7.92. The monoisotopic (exact) mass is 741 g/mol. The summed E-state index contributed by atoms with van der Waals surface area (Å²) >= 11 is 12.7. The van der Waals surface area contributed by atoms with Crippen LogP contribution in [-0.4, -0.2) is 65.1 Å². The van der Waals surface area contributed by atoms with Crippen LogP contribution in [0.15, 0.2) is 95.9 Å². The Balaban J connectivity index is 1.89. The average molecular weight is 743 g/mol.